The third-order valence-corrected chi connectivity index (χ3v) is 6.25. The average Bonchev–Trinajstić information content (AvgIpc) is 3.53. The van der Waals surface area contributed by atoms with Crippen molar-refractivity contribution in [2.75, 3.05) is 44.8 Å². The summed E-state index contributed by atoms with van der Waals surface area (Å²) in [6, 6.07) is 8.50. The van der Waals surface area contributed by atoms with Gasteiger partial charge in [0.25, 0.3) is 5.89 Å². The highest BCUT2D eigenvalue weighted by Gasteiger charge is 2.22. The van der Waals surface area contributed by atoms with E-state index in [4.69, 9.17) is 33.9 Å². The van der Waals surface area contributed by atoms with Gasteiger partial charge in [-0.2, -0.15) is 4.98 Å². The van der Waals surface area contributed by atoms with E-state index < -0.39 is 11.7 Å². The molecular formula is C26H30N6O7S. The van der Waals surface area contributed by atoms with Gasteiger partial charge in [0.05, 0.1) is 34.0 Å². The predicted molar refractivity (Wildman–Crippen MR) is 151 cm³/mol. The molecule has 1 amide bonds. The Hall–Kier alpha value is -4.72. The number of nitrogens with zero attached hydrogens (tertiary/aromatic N) is 3. The van der Waals surface area contributed by atoms with Crippen molar-refractivity contribution in [3.05, 3.63) is 30.3 Å². The Morgan fingerprint density at radius 2 is 1.60 bits per heavy atom. The van der Waals surface area contributed by atoms with Crippen LogP contribution in [-0.2, 0) is 4.74 Å². The number of carbonyl (C=O) groups is 1. The Morgan fingerprint density at radius 3 is 2.20 bits per heavy atom. The zero-order chi connectivity index (χ0) is 29.0. The number of thiazole rings is 1. The summed E-state index contributed by atoms with van der Waals surface area (Å²) in [6.45, 7) is 5.34. The first kappa shape index (κ1) is 28.3. The standard InChI is InChI=1S/C26H30N6O7S/c1-26(2,3)38-25(33)29-13-8-9-16(34-4)15(10-13)22-31-23(39-32-22)20-21(27)30-24(40-20)28-14-11-17(35-5)19(37-7)18(12-14)36-6/h8-12H,27H2,1-7H3,(H,28,30)(H,29,33). The lowest BCUT2D eigenvalue weighted by Crippen LogP contribution is -2.27. The van der Waals surface area contributed by atoms with Crippen molar-refractivity contribution in [3.8, 4) is 45.2 Å². The number of hydrogen-bond donors (Lipinski definition) is 3. The zero-order valence-corrected chi connectivity index (χ0v) is 23.9. The highest BCUT2D eigenvalue weighted by atomic mass is 32.1. The lowest BCUT2D eigenvalue weighted by Gasteiger charge is -2.20. The molecule has 13 nitrogen and oxygen atoms in total. The zero-order valence-electron chi connectivity index (χ0n) is 23.1. The van der Waals surface area contributed by atoms with Crippen LogP contribution in [0.5, 0.6) is 23.0 Å². The topological polar surface area (TPSA) is 165 Å². The fraction of sp³-hybridized carbons (Fsp3) is 0.308. The molecule has 0 spiro atoms. The van der Waals surface area contributed by atoms with Crippen molar-refractivity contribution >= 4 is 39.8 Å². The molecule has 0 unspecified atom stereocenters. The molecule has 4 aromatic rings. The maximum Gasteiger partial charge on any atom is 0.412 e. The number of ether oxygens (including phenoxy) is 5. The number of amides is 1. The molecule has 0 aliphatic rings. The number of rotatable bonds is 9. The maximum atomic E-state index is 12.2. The molecule has 0 aliphatic heterocycles. The van der Waals surface area contributed by atoms with Crippen molar-refractivity contribution in [2.45, 2.75) is 26.4 Å². The van der Waals surface area contributed by atoms with Gasteiger partial charge in [-0.1, -0.05) is 16.5 Å². The maximum absolute atomic E-state index is 12.2. The second-order valence-corrected chi connectivity index (χ2v) is 10.2. The van der Waals surface area contributed by atoms with Crippen molar-refractivity contribution in [2.24, 2.45) is 0 Å². The molecule has 40 heavy (non-hydrogen) atoms. The van der Waals surface area contributed by atoms with E-state index in [-0.39, 0.29) is 17.5 Å². The van der Waals surface area contributed by atoms with Crippen LogP contribution < -0.4 is 35.3 Å². The van der Waals surface area contributed by atoms with Gasteiger partial charge >= 0.3 is 6.09 Å². The molecule has 0 saturated heterocycles. The number of methoxy groups -OCH3 is 4. The number of anilines is 4. The van der Waals surface area contributed by atoms with E-state index >= 15 is 0 Å². The predicted octanol–water partition coefficient (Wildman–Crippen LogP) is 5.57. The Kier molecular flexibility index (Phi) is 8.18. The molecule has 2 aromatic heterocycles. The Labute approximate surface area is 234 Å². The molecule has 0 aliphatic carbocycles. The minimum absolute atomic E-state index is 0.162. The number of benzene rings is 2. The van der Waals surface area contributed by atoms with Crippen molar-refractivity contribution in [1.29, 1.82) is 0 Å². The van der Waals surface area contributed by atoms with Crippen LogP contribution >= 0.6 is 11.3 Å². The van der Waals surface area contributed by atoms with Crippen LogP contribution in [0.2, 0.25) is 0 Å². The van der Waals surface area contributed by atoms with Gasteiger partial charge < -0.3 is 39.3 Å². The number of aromatic nitrogens is 3. The number of nitrogens with two attached hydrogens (primary N) is 1. The van der Waals surface area contributed by atoms with Gasteiger partial charge in [0, 0.05) is 23.5 Å². The van der Waals surface area contributed by atoms with E-state index in [2.05, 4.69) is 25.8 Å². The summed E-state index contributed by atoms with van der Waals surface area (Å²) in [7, 11) is 6.12. The first-order valence-electron chi connectivity index (χ1n) is 11.9. The monoisotopic (exact) mass is 570 g/mol. The molecule has 0 radical (unpaired) electrons. The second kappa shape index (κ2) is 11.6. The minimum Gasteiger partial charge on any atom is -0.496 e. The van der Waals surface area contributed by atoms with Crippen LogP contribution in [-0.4, -0.2) is 55.3 Å². The van der Waals surface area contributed by atoms with Gasteiger partial charge in [-0.15, -0.1) is 0 Å². The highest BCUT2D eigenvalue weighted by molar-refractivity contribution is 7.19. The molecule has 0 fully saturated rings. The van der Waals surface area contributed by atoms with Crippen LogP contribution in [0.15, 0.2) is 34.9 Å². The summed E-state index contributed by atoms with van der Waals surface area (Å²) in [6.07, 6.45) is -0.595. The van der Waals surface area contributed by atoms with E-state index in [0.29, 0.717) is 49.9 Å². The van der Waals surface area contributed by atoms with E-state index in [9.17, 15) is 4.79 Å². The molecule has 0 atom stereocenters. The summed E-state index contributed by atoms with van der Waals surface area (Å²) in [5.41, 5.74) is 7.14. The third kappa shape index (κ3) is 6.29. The largest absolute Gasteiger partial charge is 0.496 e. The van der Waals surface area contributed by atoms with Crippen LogP contribution in [0.25, 0.3) is 22.2 Å². The molecule has 14 heteroatoms. The first-order chi connectivity index (χ1) is 19.0. The molecule has 212 valence electrons. The average molecular weight is 571 g/mol. The Morgan fingerprint density at radius 1 is 0.925 bits per heavy atom. The summed E-state index contributed by atoms with van der Waals surface area (Å²) < 4.78 is 32.5. The fourth-order valence-electron chi connectivity index (χ4n) is 3.62. The summed E-state index contributed by atoms with van der Waals surface area (Å²) in [5.74, 6) is 2.49. The van der Waals surface area contributed by atoms with Gasteiger partial charge in [0.2, 0.25) is 11.6 Å². The number of carbonyl (C=O) groups excluding carboxylic acids is 1. The van der Waals surface area contributed by atoms with Crippen molar-refractivity contribution < 1.29 is 33.0 Å². The normalized spacial score (nSPS) is 11.1. The summed E-state index contributed by atoms with van der Waals surface area (Å²) in [4.78, 5) is 21.6. The van der Waals surface area contributed by atoms with Crippen molar-refractivity contribution in [3.63, 3.8) is 0 Å². The van der Waals surface area contributed by atoms with Crippen LogP contribution in [0.3, 0.4) is 0 Å². The van der Waals surface area contributed by atoms with Crippen LogP contribution in [0.4, 0.5) is 27.1 Å². The number of nitrogen functional groups attached to an aromatic ring is 1. The quantitative estimate of drug-likeness (QED) is 0.229. The van der Waals surface area contributed by atoms with Gasteiger partial charge in [-0.25, -0.2) is 9.78 Å². The van der Waals surface area contributed by atoms with Gasteiger partial charge in [-0.3, -0.25) is 5.32 Å². The fourth-order valence-corrected chi connectivity index (χ4v) is 4.45. The summed E-state index contributed by atoms with van der Waals surface area (Å²) >= 11 is 1.22. The second-order valence-electron chi connectivity index (χ2n) is 9.24. The molecule has 2 aromatic carbocycles. The highest BCUT2D eigenvalue weighted by Crippen LogP contribution is 2.42. The first-order valence-corrected chi connectivity index (χ1v) is 12.7. The van der Waals surface area contributed by atoms with E-state index in [0.717, 1.165) is 0 Å². The van der Waals surface area contributed by atoms with E-state index in [1.165, 1.54) is 39.8 Å². The molecule has 4 N–H and O–H groups in total. The van der Waals surface area contributed by atoms with E-state index in [1.54, 1.807) is 51.1 Å². The molecule has 0 saturated carbocycles. The van der Waals surface area contributed by atoms with Gasteiger partial charge in [0.1, 0.15) is 22.0 Å². The molecular weight excluding hydrogens is 540 g/mol. The smallest absolute Gasteiger partial charge is 0.412 e. The Balaban J connectivity index is 1.59. The SMILES string of the molecule is COc1ccc(NC(=O)OC(C)(C)C)cc1-c1noc(-c2sc(Nc3cc(OC)c(OC)c(OC)c3)nc2N)n1. The van der Waals surface area contributed by atoms with Crippen LogP contribution in [0, 0.1) is 0 Å². The van der Waals surface area contributed by atoms with Gasteiger partial charge in [-0.05, 0) is 39.0 Å². The minimum atomic E-state index is -0.643. The third-order valence-electron chi connectivity index (χ3n) is 5.28. The number of nitrogens with one attached hydrogen (secondary N) is 2. The lowest BCUT2D eigenvalue weighted by molar-refractivity contribution is 0.0636. The Bertz CT molecular complexity index is 1490. The van der Waals surface area contributed by atoms with Crippen molar-refractivity contribution in [1.82, 2.24) is 15.1 Å². The van der Waals surface area contributed by atoms with Crippen LogP contribution in [0.1, 0.15) is 20.8 Å². The molecule has 4 rings (SSSR count). The summed E-state index contributed by atoms with van der Waals surface area (Å²) in [5, 5.41) is 10.4. The van der Waals surface area contributed by atoms with E-state index in [1.807, 2.05) is 0 Å². The molecule has 0 bridgehead atoms. The lowest BCUT2D eigenvalue weighted by atomic mass is 10.1. The number of hydrogen-bond acceptors (Lipinski definition) is 13. The molecule has 2 heterocycles. The van der Waals surface area contributed by atoms with Gasteiger partial charge in [0.15, 0.2) is 16.6 Å².